The molecule has 0 aliphatic carbocycles. The zero-order valence-corrected chi connectivity index (χ0v) is 20.9. The van der Waals surface area contributed by atoms with Crippen LogP contribution in [0.2, 0.25) is 0 Å². The van der Waals surface area contributed by atoms with Gasteiger partial charge < -0.3 is 48.0 Å². The fraction of sp³-hybridized carbons (Fsp3) is 1.00. The molecule has 2 rings (SSSR count). The van der Waals surface area contributed by atoms with Crippen LogP contribution >= 0.6 is 0 Å². The quantitative estimate of drug-likeness (QED) is 0.120. The summed E-state index contributed by atoms with van der Waals surface area (Å²) >= 11 is 0. The third kappa shape index (κ3) is 9.03. The minimum Gasteiger partial charge on any atom is -0.376 e. The second-order valence-corrected chi connectivity index (χ2v) is 7.94. The highest BCUT2D eigenvalue weighted by Crippen LogP contribution is 2.34. The van der Waals surface area contributed by atoms with Crippen LogP contribution in [0.3, 0.4) is 0 Å². The highest BCUT2D eigenvalue weighted by molar-refractivity contribution is 4.96. The smallest absolute Gasteiger partial charge is 0.295 e. The van der Waals surface area contributed by atoms with Crippen molar-refractivity contribution in [2.24, 2.45) is 0 Å². The minimum absolute atomic E-state index is 0.899. The van der Waals surface area contributed by atoms with Gasteiger partial charge in [-0.1, -0.05) is 0 Å². The summed E-state index contributed by atoms with van der Waals surface area (Å²) < 4.78 is 21.3. The molecule has 28 heteroatoms. The standard InChI is InChI=1S/C14H20N6O22/c1-5-8(39-17(25)26)11(40-18(27)28)10(7(36-5)4-35-16(23)24)38-14-13(42-20(31)32)12(41-19(29)30)9(33-2)6(37-14)3-34-15(21)22/h5-14H,3-4H2,1-2H3/t5?,6?,7?,8?,9-,10-,11?,12?,13?,14+/m1/s1. The van der Waals surface area contributed by atoms with E-state index in [4.69, 9.17) is 18.9 Å². The lowest BCUT2D eigenvalue weighted by Gasteiger charge is -2.47. The Morgan fingerprint density at radius 2 is 0.952 bits per heavy atom. The molecule has 0 aromatic carbocycles. The first-order valence-electron chi connectivity index (χ1n) is 10.9. The predicted molar refractivity (Wildman–Crippen MR) is 112 cm³/mol. The maximum Gasteiger partial charge on any atom is 0.295 e. The van der Waals surface area contributed by atoms with Crippen molar-refractivity contribution in [2.45, 2.75) is 68.1 Å². The summed E-state index contributed by atoms with van der Waals surface area (Å²) in [7, 11) is 0.899. The molecule has 238 valence electrons. The van der Waals surface area contributed by atoms with Crippen molar-refractivity contribution in [3.8, 4) is 0 Å². The van der Waals surface area contributed by atoms with E-state index in [0.717, 1.165) is 14.0 Å². The second-order valence-electron chi connectivity index (χ2n) is 7.94. The molecule has 2 fully saturated rings. The Labute approximate surface area is 228 Å². The molecule has 0 spiro atoms. The van der Waals surface area contributed by atoms with E-state index in [9.17, 15) is 60.7 Å². The van der Waals surface area contributed by atoms with Gasteiger partial charge in [-0.25, -0.2) is 0 Å². The van der Waals surface area contributed by atoms with Crippen LogP contribution in [0.4, 0.5) is 0 Å². The molecule has 42 heavy (non-hydrogen) atoms. The molecular weight excluding hydrogens is 604 g/mol. The van der Waals surface area contributed by atoms with Gasteiger partial charge in [0.05, 0.1) is 6.10 Å². The Hall–Kier alpha value is -4.96. The van der Waals surface area contributed by atoms with Gasteiger partial charge in [0, 0.05) is 7.11 Å². The fourth-order valence-corrected chi connectivity index (χ4v) is 4.12. The number of hydrogen-bond acceptors (Lipinski definition) is 22. The number of hydrogen-bond donors (Lipinski definition) is 0. The molecule has 0 radical (unpaired) electrons. The van der Waals surface area contributed by atoms with Gasteiger partial charge in [0.25, 0.3) is 30.5 Å². The molecule has 0 N–H and O–H groups in total. The van der Waals surface area contributed by atoms with Crippen molar-refractivity contribution in [1.29, 1.82) is 0 Å². The normalized spacial score (nSPS) is 32.4. The van der Waals surface area contributed by atoms with E-state index in [1.807, 2.05) is 0 Å². The number of nitrogens with zero attached hydrogens (tertiary/aromatic N) is 6. The van der Waals surface area contributed by atoms with Crippen LogP contribution < -0.4 is 0 Å². The molecule has 10 atom stereocenters. The first-order valence-corrected chi connectivity index (χ1v) is 10.9. The zero-order chi connectivity index (χ0) is 31.7. The molecule has 2 heterocycles. The van der Waals surface area contributed by atoms with Crippen LogP contribution in [0.15, 0.2) is 0 Å². The summed E-state index contributed by atoms with van der Waals surface area (Å²) in [6.45, 7) is -1.07. The van der Waals surface area contributed by atoms with Gasteiger partial charge in [-0.2, -0.15) is 0 Å². The van der Waals surface area contributed by atoms with Crippen molar-refractivity contribution in [3.05, 3.63) is 60.7 Å². The van der Waals surface area contributed by atoms with E-state index in [2.05, 4.69) is 29.0 Å². The first-order chi connectivity index (χ1) is 19.6. The molecule has 7 unspecified atom stereocenters. The number of methoxy groups -OCH3 is 1. The molecule has 0 aromatic heterocycles. The average molecular weight is 624 g/mol. The maximum atomic E-state index is 11.3. The summed E-state index contributed by atoms with van der Waals surface area (Å²) in [6, 6.07) is 0. The van der Waals surface area contributed by atoms with Gasteiger partial charge >= 0.3 is 0 Å². The van der Waals surface area contributed by atoms with Crippen molar-refractivity contribution < 1.29 is 78.5 Å². The third-order valence-corrected chi connectivity index (χ3v) is 5.54. The molecular formula is C14H20N6O22. The van der Waals surface area contributed by atoms with Crippen molar-refractivity contribution in [2.75, 3.05) is 20.3 Å². The van der Waals surface area contributed by atoms with E-state index in [-0.39, 0.29) is 0 Å². The molecule has 0 saturated carbocycles. The highest BCUT2D eigenvalue weighted by Gasteiger charge is 2.56. The number of ether oxygens (including phenoxy) is 4. The van der Waals surface area contributed by atoms with Gasteiger partial charge in [-0.3, -0.25) is 0 Å². The van der Waals surface area contributed by atoms with Crippen molar-refractivity contribution in [3.63, 3.8) is 0 Å². The lowest BCUT2D eigenvalue weighted by molar-refractivity contribution is -0.810. The Morgan fingerprint density at radius 3 is 1.38 bits per heavy atom. The van der Waals surface area contributed by atoms with E-state index in [1.54, 1.807) is 0 Å². The summed E-state index contributed by atoms with van der Waals surface area (Å²) in [6.07, 6.45) is -20.1. The summed E-state index contributed by atoms with van der Waals surface area (Å²) in [4.78, 5) is 92.5. The van der Waals surface area contributed by atoms with Crippen LogP contribution in [0, 0.1) is 60.7 Å². The molecule has 0 amide bonds. The molecule has 0 bridgehead atoms. The van der Waals surface area contributed by atoms with Crippen LogP contribution in [-0.2, 0) is 48.0 Å². The fourth-order valence-electron chi connectivity index (χ4n) is 4.12. The molecule has 0 aromatic rings. The van der Waals surface area contributed by atoms with Crippen molar-refractivity contribution in [1.82, 2.24) is 0 Å². The Balaban J connectivity index is 2.61. The first kappa shape index (κ1) is 33.2. The Bertz CT molecular complexity index is 1020. The second kappa shape index (κ2) is 14.6. The van der Waals surface area contributed by atoms with Crippen molar-refractivity contribution >= 4 is 0 Å². The number of rotatable bonds is 17. The van der Waals surface area contributed by atoms with E-state index >= 15 is 0 Å². The summed E-state index contributed by atoms with van der Waals surface area (Å²) in [5, 5.41) is 57.9. The Kier molecular flexibility index (Phi) is 11.6. The summed E-state index contributed by atoms with van der Waals surface area (Å²) in [5.74, 6) is 0. The average Bonchev–Trinajstić information content (AvgIpc) is 2.86. The van der Waals surface area contributed by atoms with E-state index < -0.39 is 105 Å². The van der Waals surface area contributed by atoms with Gasteiger partial charge in [0.1, 0.15) is 37.6 Å². The van der Waals surface area contributed by atoms with E-state index in [0.29, 0.717) is 0 Å². The van der Waals surface area contributed by atoms with E-state index in [1.165, 1.54) is 0 Å². The largest absolute Gasteiger partial charge is 0.376 e. The monoisotopic (exact) mass is 624 g/mol. The third-order valence-electron chi connectivity index (χ3n) is 5.54. The predicted octanol–water partition coefficient (Wildman–Crippen LogP) is -2.38. The van der Waals surface area contributed by atoms with Crippen LogP contribution in [-0.4, -0.2) is 112 Å². The Morgan fingerprint density at radius 1 is 0.548 bits per heavy atom. The summed E-state index contributed by atoms with van der Waals surface area (Å²) in [5.41, 5.74) is 0. The molecule has 2 aliphatic rings. The molecule has 2 aliphatic heterocycles. The van der Waals surface area contributed by atoms with Crippen LogP contribution in [0.1, 0.15) is 6.92 Å². The molecule has 2 saturated heterocycles. The lowest BCUT2D eigenvalue weighted by Crippen LogP contribution is -2.66. The molecule has 28 nitrogen and oxygen atoms in total. The topological polar surface area (TPSA) is 351 Å². The van der Waals surface area contributed by atoms with Gasteiger partial charge in [-0.15, -0.1) is 60.7 Å². The maximum absolute atomic E-state index is 11.3. The van der Waals surface area contributed by atoms with Gasteiger partial charge in [-0.05, 0) is 6.92 Å². The van der Waals surface area contributed by atoms with Gasteiger partial charge in [0.2, 0.25) is 0 Å². The zero-order valence-electron chi connectivity index (χ0n) is 20.9. The lowest BCUT2D eigenvalue weighted by atomic mass is 9.94. The minimum atomic E-state index is -2.36. The van der Waals surface area contributed by atoms with Crippen LogP contribution in [0.25, 0.3) is 0 Å². The SMILES string of the molecule is CO[C@@H]1C(CO[N+](=O)[O-])O[C@@H](O[C@@H]2C(CO[N+](=O)[O-])OC(C)C(O[N+](=O)[O-])C2O[N+](=O)[O-])C(O[N+](=O)[O-])C1O[N+](=O)[O-]. The van der Waals surface area contributed by atoms with Gasteiger partial charge in [0.15, 0.2) is 30.7 Å². The van der Waals surface area contributed by atoms with Crippen LogP contribution in [0.5, 0.6) is 0 Å². The highest BCUT2D eigenvalue weighted by atomic mass is 17.0.